The first-order valence-corrected chi connectivity index (χ1v) is 12.4. The highest BCUT2D eigenvalue weighted by molar-refractivity contribution is 6.34. The zero-order chi connectivity index (χ0) is 28.1. The van der Waals surface area contributed by atoms with Crippen molar-refractivity contribution in [2.75, 3.05) is 31.5 Å². The summed E-state index contributed by atoms with van der Waals surface area (Å²) < 4.78 is 43.6. The summed E-state index contributed by atoms with van der Waals surface area (Å²) in [7, 11) is 1.44. The molecule has 0 spiro atoms. The first kappa shape index (κ1) is 26.5. The fourth-order valence-electron chi connectivity index (χ4n) is 4.44. The summed E-state index contributed by atoms with van der Waals surface area (Å²) in [5.74, 6) is -1.13. The highest BCUT2D eigenvalue weighted by atomic mass is 35.5. The number of aromatic nitrogens is 4. The third kappa shape index (κ3) is 5.28. The number of rotatable bonds is 5. The molecular formula is C24H24ClF3N8O3. The molecule has 15 heteroatoms. The summed E-state index contributed by atoms with van der Waals surface area (Å²) in [5.41, 5.74) is 4.65. The number of nitrogens with zero attached hydrogens (tertiary/aromatic N) is 6. The van der Waals surface area contributed by atoms with Crippen molar-refractivity contribution in [2.45, 2.75) is 25.1 Å². The third-order valence-electron chi connectivity index (χ3n) is 6.72. The van der Waals surface area contributed by atoms with Gasteiger partial charge in [0.15, 0.2) is 11.5 Å². The predicted molar refractivity (Wildman–Crippen MR) is 134 cm³/mol. The quantitative estimate of drug-likeness (QED) is 0.490. The Labute approximate surface area is 225 Å². The second-order valence-electron chi connectivity index (χ2n) is 9.39. The molecule has 1 saturated carbocycles. The molecule has 0 radical (unpaired) electrons. The summed E-state index contributed by atoms with van der Waals surface area (Å²) in [6.07, 6.45) is -0.617. The van der Waals surface area contributed by atoms with E-state index in [4.69, 9.17) is 17.3 Å². The Morgan fingerprint density at radius 3 is 2.36 bits per heavy atom. The van der Waals surface area contributed by atoms with Crippen molar-refractivity contribution >= 4 is 35.1 Å². The van der Waals surface area contributed by atoms with Gasteiger partial charge >= 0.3 is 12.2 Å². The van der Waals surface area contributed by atoms with Crippen molar-refractivity contribution in [1.29, 1.82) is 0 Å². The van der Waals surface area contributed by atoms with E-state index in [1.807, 2.05) is 0 Å². The highest BCUT2D eigenvalue weighted by Crippen LogP contribution is 2.41. The van der Waals surface area contributed by atoms with Crippen LogP contribution in [0.3, 0.4) is 0 Å². The average molecular weight is 565 g/mol. The van der Waals surface area contributed by atoms with Gasteiger partial charge in [-0.1, -0.05) is 11.6 Å². The average Bonchev–Trinajstić information content (AvgIpc) is 3.51. The van der Waals surface area contributed by atoms with E-state index in [0.717, 1.165) is 12.8 Å². The van der Waals surface area contributed by atoms with Gasteiger partial charge in [-0.2, -0.15) is 18.3 Å². The number of hydrogen-bond donors (Lipinski definition) is 2. The Morgan fingerprint density at radius 1 is 1.10 bits per heavy atom. The van der Waals surface area contributed by atoms with Gasteiger partial charge in [0.1, 0.15) is 0 Å². The van der Waals surface area contributed by atoms with Crippen molar-refractivity contribution in [1.82, 2.24) is 29.1 Å². The van der Waals surface area contributed by atoms with Crippen LogP contribution >= 0.6 is 11.6 Å². The van der Waals surface area contributed by atoms with Gasteiger partial charge in [0.25, 0.3) is 11.8 Å². The number of nitrogens with two attached hydrogens (primary N) is 1. The number of urea groups is 1. The van der Waals surface area contributed by atoms with Crippen LogP contribution in [0.2, 0.25) is 5.02 Å². The molecule has 3 heterocycles. The minimum atomic E-state index is -4.67. The van der Waals surface area contributed by atoms with E-state index in [-0.39, 0.29) is 45.3 Å². The van der Waals surface area contributed by atoms with Crippen LogP contribution in [-0.4, -0.2) is 73.2 Å². The van der Waals surface area contributed by atoms with E-state index >= 15 is 0 Å². The lowest BCUT2D eigenvalue weighted by Gasteiger charge is -2.33. The molecule has 2 fully saturated rings. The van der Waals surface area contributed by atoms with Crippen molar-refractivity contribution in [3.05, 3.63) is 52.7 Å². The zero-order valence-electron chi connectivity index (χ0n) is 20.7. The lowest BCUT2D eigenvalue weighted by atomic mass is 10.1. The number of amides is 4. The van der Waals surface area contributed by atoms with Crippen LogP contribution in [0.1, 0.15) is 45.6 Å². The van der Waals surface area contributed by atoms with Crippen LogP contribution in [0.5, 0.6) is 0 Å². The lowest BCUT2D eigenvalue weighted by molar-refractivity contribution is -0.141. The van der Waals surface area contributed by atoms with Crippen molar-refractivity contribution < 1.29 is 27.6 Å². The molecule has 2 aliphatic rings. The molecule has 0 bridgehead atoms. The summed E-state index contributed by atoms with van der Waals surface area (Å²) in [6, 6.07) is 3.75. The zero-order valence-corrected chi connectivity index (χ0v) is 21.5. The molecule has 0 unspecified atom stereocenters. The van der Waals surface area contributed by atoms with Gasteiger partial charge in [-0.05, 0) is 31.0 Å². The number of benzene rings is 1. The number of piperazine rings is 1. The summed E-state index contributed by atoms with van der Waals surface area (Å²) in [6.45, 7) is 1.22. The molecule has 206 valence electrons. The Hall–Kier alpha value is -4.07. The number of anilines is 1. The van der Waals surface area contributed by atoms with Crippen LogP contribution in [0.15, 0.2) is 30.6 Å². The van der Waals surface area contributed by atoms with Gasteiger partial charge in [-0.15, -0.1) is 0 Å². The smallest absolute Gasteiger partial charge is 0.351 e. The van der Waals surface area contributed by atoms with Gasteiger partial charge in [0, 0.05) is 45.1 Å². The third-order valence-corrected chi connectivity index (χ3v) is 7.04. The maximum absolute atomic E-state index is 13.7. The molecule has 2 aromatic heterocycles. The normalized spacial score (nSPS) is 15.9. The van der Waals surface area contributed by atoms with Gasteiger partial charge < -0.3 is 25.4 Å². The van der Waals surface area contributed by atoms with E-state index in [9.17, 15) is 27.6 Å². The molecule has 4 amide bonds. The summed E-state index contributed by atoms with van der Waals surface area (Å²) >= 11 is 6.34. The summed E-state index contributed by atoms with van der Waals surface area (Å²) in [4.78, 5) is 44.2. The number of imidazole rings is 1. The van der Waals surface area contributed by atoms with Crippen molar-refractivity contribution in [2.24, 2.45) is 12.8 Å². The number of nitrogens with one attached hydrogen (secondary N) is 1. The largest absolute Gasteiger partial charge is 0.435 e. The molecule has 1 aliphatic heterocycles. The summed E-state index contributed by atoms with van der Waals surface area (Å²) in [5, 5.41) is 6.45. The SMILES string of the molecule is Cn1c(-c2cn(C3CC3)nc2C(F)(F)F)cnc1C(=O)Nc1ccc(C(=O)N2CCN(C(N)=O)CC2)c(Cl)c1. The van der Waals surface area contributed by atoms with Crippen LogP contribution in [0, 0.1) is 0 Å². The number of hydrogen-bond acceptors (Lipinski definition) is 5. The predicted octanol–water partition coefficient (Wildman–Crippen LogP) is 3.38. The topological polar surface area (TPSA) is 131 Å². The Kier molecular flexibility index (Phi) is 6.74. The van der Waals surface area contributed by atoms with E-state index in [1.165, 1.54) is 51.8 Å². The Balaban J connectivity index is 1.31. The fourth-order valence-corrected chi connectivity index (χ4v) is 4.70. The second-order valence-corrected chi connectivity index (χ2v) is 9.80. The fraction of sp³-hybridized carbons (Fsp3) is 0.375. The van der Waals surface area contributed by atoms with E-state index in [0.29, 0.717) is 26.2 Å². The highest BCUT2D eigenvalue weighted by Gasteiger charge is 2.40. The van der Waals surface area contributed by atoms with E-state index in [2.05, 4.69) is 15.4 Å². The van der Waals surface area contributed by atoms with Crippen molar-refractivity contribution in [3.63, 3.8) is 0 Å². The number of alkyl halides is 3. The molecule has 1 saturated heterocycles. The first-order chi connectivity index (χ1) is 18.4. The van der Waals surface area contributed by atoms with E-state index < -0.39 is 23.8 Å². The van der Waals surface area contributed by atoms with Crippen LogP contribution in [0.4, 0.5) is 23.7 Å². The molecule has 11 nitrogen and oxygen atoms in total. The molecular weight excluding hydrogens is 541 g/mol. The number of carbonyl (C=O) groups excluding carboxylic acids is 3. The van der Waals surface area contributed by atoms with Crippen LogP contribution in [0.25, 0.3) is 11.3 Å². The maximum Gasteiger partial charge on any atom is 0.435 e. The molecule has 1 aliphatic carbocycles. The number of halogens is 4. The minimum absolute atomic E-state index is 0.0600. The maximum atomic E-state index is 13.7. The second kappa shape index (κ2) is 9.91. The molecule has 3 aromatic rings. The first-order valence-electron chi connectivity index (χ1n) is 12.1. The molecule has 39 heavy (non-hydrogen) atoms. The van der Waals surface area contributed by atoms with E-state index in [1.54, 1.807) is 4.90 Å². The minimum Gasteiger partial charge on any atom is -0.351 e. The van der Waals surface area contributed by atoms with Crippen molar-refractivity contribution in [3.8, 4) is 11.3 Å². The Bertz CT molecular complexity index is 1460. The van der Waals surface area contributed by atoms with Crippen LogP contribution < -0.4 is 11.1 Å². The number of carbonyl (C=O) groups is 3. The van der Waals surface area contributed by atoms with Gasteiger partial charge in [0.05, 0.1) is 34.1 Å². The lowest BCUT2D eigenvalue weighted by Crippen LogP contribution is -2.52. The van der Waals surface area contributed by atoms with Gasteiger partial charge in [-0.25, -0.2) is 9.78 Å². The standard InChI is InChI=1S/C24H24ClF3N8O3/c1-33-18(16-12-36(14-3-4-14)32-19(16)24(26,27)28)11-30-20(33)21(37)31-13-2-5-15(17(25)10-13)22(38)34-6-8-35(9-7-34)23(29)39/h2,5,10-12,14H,3-4,6-9H2,1H3,(H2,29,39)(H,31,37). The van der Waals surface area contributed by atoms with Crippen LogP contribution in [-0.2, 0) is 13.2 Å². The monoisotopic (exact) mass is 564 g/mol. The number of primary amides is 1. The van der Waals surface area contributed by atoms with Gasteiger partial charge in [0.2, 0.25) is 0 Å². The molecule has 5 rings (SSSR count). The molecule has 0 atom stereocenters. The molecule has 1 aromatic carbocycles. The van der Waals surface area contributed by atoms with Gasteiger partial charge in [-0.3, -0.25) is 14.3 Å². The Morgan fingerprint density at radius 2 is 1.77 bits per heavy atom. The molecule has 3 N–H and O–H groups in total.